The summed E-state index contributed by atoms with van der Waals surface area (Å²) in [7, 11) is 0. The van der Waals surface area contributed by atoms with Crippen LogP contribution in [0.25, 0.3) is 0 Å². The number of aromatic nitrogens is 2. The number of rotatable bonds is 2. The highest BCUT2D eigenvalue weighted by Crippen LogP contribution is 2.34. The van der Waals surface area contributed by atoms with E-state index in [-0.39, 0.29) is 5.69 Å². The van der Waals surface area contributed by atoms with Crippen LogP contribution in [0.15, 0.2) is 29.2 Å². The lowest BCUT2D eigenvalue weighted by Gasteiger charge is -2.08. The molecule has 4 nitrogen and oxygen atoms in total. The zero-order valence-corrected chi connectivity index (χ0v) is 9.55. The molecule has 0 saturated carbocycles. The largest absolute Gasteiger partial charge is 0.417 e. The molecule has 0 bridgehead atoms. The average Bonchev–Trinajstić information content (AvgIpc) is 2.79. The van der Waals surface area contributed by atoms with Gasteiger partial charge in [-0.1, -0.05) is 0 Å². The van der Waals surface area contributed by atoms with Crippen LogP contribution in [-0.4, -0.2) is 16.1 Å². The van der Waals surface area contributed by atoms with Crippen LogP contribution in [0.2, 0.25) is 0 Å². The second-order valence-electron chi connectivity index (χ2n) is 3.28. The minimum Gasteiger partial charge on any atom is -0.320 e. The average molecular weight is 273 g/mol. The summed E-state index contributed by atoms with van der Waals surface area (Å²) in [5.74, 6) is -0.823. The number of hydrogen-bond acceptors (Lipinski definition) is 4. The van der Waals surface area contributed by atoms with Gasteiger partial charge in [-0.15, -0.1) is 0 Å². The molecule has 2 aromatic heterocycles. The van der Waals surface area contributed by atoms with Crippen molar-refractivity contribution in [2.24, 2.45) is 0 Å². The van der Waals surface area contributed by atoms with Crippen molar-refractivity contribution in [2.45, 2.75) is 6.18 Å². The lowest BCUT2D eigenvalue weighted by atomic mass is 10.2. The number of amides is 1. The van der Waals surface area contributed by atoms with Crippen LogP contribution in [0.1, 0.15) is 15.9 Å². The van der Waals surface area contributed by atoms with E-state index in [0.717, 1.165) is 22.1 Å². The van der Waals surface area contributed by atoms with E-state index in [0.29, 0.717) is 0 Å². The Morgan fingerprint density at radius 1 is 1.28 bits per heavy atom. The smallest absolute Gasteiger partial charge is 0.320 e. The molecule has 18 heavy (non-hydrogen) atoms. The van der Waals surface area contributed by atoms with Crippen molar-refractivity contribution in [3.8, 4) is 0 Å². The highest BCUT2D eigenvalue weighted by atomic mass is 32.1. The second kappa shape index (κ2) is 4.73. The second-order valence-corrected chi connectivity index (χ2v) is 4.03. The van der Waals surface area contributed by atoms with E-state index >= 15 is 0 Å². The maximum absolute atomic E-state index is 12.6. The molecule has 0 aliphatic heterocycles. The molecule has 0 spiro atoms. The minimum absolute atomic E-state index is 0.286. The SMILES string of the molecule is O=C(Nc1ccnnc1)c1cscc1C(F)(F)F. The summed E-state index contributed by atoms with van der Waals surface area (Å²) in [6.45, 7) is 0. The molecule has 0 saturated heterocycles. The van der Waals surface area contributed by atoms with Crippen LogP contribution in [0, 0.1) is 0 Å². The van der Waals surface area contributed by atoms with Gasteiger partial charge in [-0.05, 0) is 6.07 Å². The van der Waals surface area contributed by atoms with Crippen LogP contribution in [-0.2, 0) is 6.18 Å². The molecule has 1 N–H and O–H groups in total. The van der Waals surface area contributed by atoms with Crippen LogP contribution in [0.5, 0.6) is 0 Å². The molecule has 94 valence electrons. The molecule has 1 amide bonds. The summed E-state index contributed by atoms with van der Waals surface area (Å²) in [4.78, 5) is 11.7. The first kappa shape index (κ1) is 12.5. The number of alkyl halides is 3. The predicted molar refractivity (Wildman–Crippen MR) is 59.3 cm³/mol. The zero-order valence-electron chi connectivity index (χ0n) is 8.73. The highest BCUT2D eigenvalue weighted by molar-refractivity contribution is 7.08. The molecule has 0 aliphatic rings. The van der Waals surface area contributed by atoms with E-state index in [9.17, 15) is 18.0 Å². The topological polar surface area (TPSA) is 54.9 Å². The molecule has 2 aromatic rings. The number of nitrogens with zero attached hydrogens (tertiary/aromatic N) is 2. The zero-order chi connectivity index (χ0) is 13.2. The summed E-state index contributed by atoms with van der Waals surface area (Å²) in [5, 5.41) is 11.4. The van der Waals surface area contributed by atoms with E-state index in [1.807, 2.05) is 0 Å². The number of halogens is 3. The van der Waals surface area contributed by atoms with Crippen molar-refractivity contribution >= 4 is 22.9 Å². The lowest BCUT2D eigenvalue weighted by molar-refractivity contribution is -0.137. The molecule has 2 rings (SSSR count). The van der Waals surface area contributed by atoms with E-state index < -0.39 is 23.2 Å². The van der Waals surface area contributed by atoms with Crippen molar-refractivity contribution in [3.63, 3.8) is 0 Å². The maximum atomic E-state index is 12.6. The third-order valence-corrected chi connectivity index (χ3v) is 2.80. The van der Waals surface area contributed by atoms with Crippen molar-refractivity contribution < 1.29 is 18.0 Å². The van der Waals surface area contributed by atoms with E-state index in [2.05, 4.69) is 15.5 Å². The first-order valence-electron chi connectivity index (χ1n) is 4.70. The van der Waals surface area contributed by atoms with Gasteiger partial charge < -0.3 is 5.32 Å². The van der Waals surface area contributed by atoms with Gasteiger partial charge in [-0.25, -0.2) is 0 Å². The first-order valence-corrected chi connectivity index (χ1v) is 5.64. The maximum Gasteiger partial charge on any atom is 0.417 e. The van der Waals surface area contributed by atoms with Gasteiger partial charge in [-0.3, -0.25) is 4.79 Å². The Labute approximate surface area is 103 Å². The van der Waals surface area contributed by atoms with Gasteiger partial charge >= 0.3 is 6.18 Å². The summed E-state index contributed by atoms with van der Waals surface area (Å²) in [6, 6.07) is 1.44. The molecule has 0 unspecified atom stereocenters. The minimum atomic E-state index is -4.54. The number of carbonyl (C=O) groups is 1. The molecule has 0 aromatic carbocycles. The van der Waals surface area contributed by atoms with E-state index in [1.54, 1.807) is 0 Å². The Morgan fingerprint density at radius 2 is 2.06 bits per heavy atom. The molecule has 8 heteroatoms. The van der Waals surface area contributed by atoms with E-state index in [4.69, 9.17) is 0 Å². The molecule has 0 aliphatic carbocycles. The number of anilines is 1. The summed E-state index contributed by atoms with van der Waals surface area (Å²) in [5.41, 5.74) is -1.05. The van der Waals surface area contributed by atoms with Crippen molar-refractivity contribution in [1.29, 1.82) is 0 Å². The van der Waals surface area contributed by atoms with Crippen LogP contribution in [0.3, 0.4) is 0 Å². The predicted octanol–water partition coefficient (Wildman–Crippen LogP) is 2.81. The summed E-state index contributed by atoms with van der Waals surface area (Å²) >= 11 is 0.823. The Bertz CT molecular complexity index is 553. The van der Waals surface area contributed by atoms with Gasteiger partial charge in [0.25, 0.3) is 5.91 Å². The lowest BCUT2D eigenvalue weighted by Crippen LogP contribution is -2.17. The van der Waals surface area contributed by atoms with Gasteiger partial charge in [0.15, 0.2) is 0 Å². The van der Waals surface area contributed by atoms with E-state index in [1.165, 1.54) is 18.5 Å². The van der Waals surface area contributed by atoms with Gasteiger partial charge in [0, 0.05) is 10.8 Å². The quantitative estimate of drug-likeness (QED) is 0.915. The molecule has 0 radical (unpaired) electrons. The summed E-state index contributed by atoms with van der Waals surface area (Å²) in [6.07, 6.45) is -1.96. The highest BCUT2D eigenvalue weighted by Gasteiger charge is 2.36. The fraction of sp³-hybridized carbons (Fsp3) is 0.100. The van der Waals surface area contributed by atoms with Gasteiger partial charge in [-0.2, -0.15) is 34.7 Å². The molecular weight excluding hydrogens is 267 g/mol. The van der Waals surface area contributed by atoms with Crippen LogP contribution in [0.4, 0.5) is 18.9 Å². The first-order chi connectivity index (χ1) is 8.48. The monoisotopic (exact) mass is 273 g/mol. The molecule has 2 heterocycles. The normalized spacial score (nSPS) is 11.3. The number of nitrogens with one attached hydrogen (secondary N) is 1. The van der Waals surface area contributed by atoms with Gasteiger partial charge in [0.05, 0.1) is 29.2 Å². The molecule has 0 fully saturated rings. The Hall–Kier alpha value is -1.96. The number of carbonyl (C=O) groups excluding carboxylic acids is 1. The number of hydrogen-bond donors (Lipinski definition) is 1. The Kier molecular flexibility index (Phi) is 3.28. The number of thiophene rings is 1. The standard InChI is InChI=1S/C10H6F3N3OS/c11-10(12,13)8-5-18-4-7(8)9(17)16-6-1-2-14-15-3-6/h1-5H,(H,14,16,17). The van der Waals surface area contributed by atoms with Crippen molar-refractivity contribution in [2.75, 3.05) is 5.32 Å². The fourth-order valence-electron chi connectivity index (χ4n) is 1.26. The fourth-order valence-corrected chi connectivity index (χ4v) is 2.09. The van der Waals surface area contributed by atoms with Gasteiger partial charge in [0.2, 0.25) is 0 Å². The van der Waals surface area contributed by atoms with Crippen LogP contribution < -0.4 is 5.32 Å². The van der Waals surface area contributed by atoms with Crippen LogP contribution >= 0.6 is 11.3 Å². The van der Waals surface area contributed by atoms with Crippen molar-refractivity contribution in [1.82, 2.24) is 10.2 Å². The molecule has 0 atom stereocenters. The van der Waals surface area contributed by atoms with Gasteiger partial charge in [0.1, 0.15) is 0 Å². The Balaban J connectivity index is 2.23. The third kappa shape index (κ3) is 2.65. The van der Waals surface area contributed by atoms with Crippen molar-refractivity contribution in [3.05, 3.63) is 40.3 Å². The third-order valence-electron chi connectivity index (χ3n) is 2.05. The molecular formula is C10H6F3N3OS. The Morgan fingerprint density at radius 3 is 2.67 bits per heavy atom. The summed E-state index contributed by atoms with van der Waals surface area (Å²) < 4.78 is 37.8.